The van der Waals surface area contributed by atoms with Gasteiger partial charge in [0.1, 0.15) is 0 Å². The SMILES string of the molecule is Cc1nc(N2CCN(CC(C)CN)CC2)sc1C. The lowest BCUT2D eigenvalue weighted by atomic mass is 10.1. The van der Waals surface area contributed by atoms with Gasteiger partial charge >= 0.3 is 0 Å². The summed E-state index contributed by atoms with van der Waals surface area (Å²) in [6, 6.07) is 0. The maximum absolute atomic E-state index is 5.68. The molecule has 2 heterocycles. The van der Waals surface area contributed by atoms with Crippen molar-refractivity contribution in [3.05, 3.63) is 10.6 Å². The van der Waals surface area contributed by atoms with Gasteiger partial charge in [-0.25, -0.2) is 4.98 Å². The molecule has 1 unspecified atom stereocenters. The summed E-state index contributed by atoms with van der Waals surface area (Å²) in [5.74, 6) is 0.598. The Bertz CT molecular complexity index is 363. The van der Waals surface area contributed by atoms with Crippen molar-refractivity contribution in [3.8, 4) is 0 Å². The quantitative estimate of drug-likeness (QED) is 0.898. The summed E-state index contributed by atoms with van der Waals surface area (Å²) in [6.07, 6.45) is 0. The molecule has 2 N–H and O–H groups in total. The van der Waals surface area contributed by atoms with Gasteiger partial charge in [0.05, 0.1) is 5.69 Å². The molecule has 0 spiro atoms. The van der Waals surface area contributed by atoms with Crippen LogP contribution in [0.1, 0.15) is 17.5 Å². The summed E-state index contributed by atoms with van der Waals surface area (Å²) in [7, 11) is 0. The molecule has 1 saturated heterocycles. The minimum absolute atomic E-state index is 0.598. The lowest BCUT2D eigenvalue weighted by Gasteiger charge is -2.35. The van der Waals surface area contributed by atoms with Gasteiger partial charge < -0.3 is 10.6 Å². The van der Waals surface area contributed by atoms with Crippen LogP contribution in [0.15, 0.2) is 0 Å². The molecule has 1 fully saturated rings. The first-order chi connectivity index (χ1) is 8.60. The molecule has 2 rings (SSSR count). The fourth-order valence-electron chi connectivity index (χ4n) is 2.23. The van der Waals surface area contributed by atoms with Gasteiger partial charge in [0.25, 0.3) is 0 Å². The van der Waals surface area contributed by atoms with Crippen molar-refractivity contribution in [2.75, 3.05) is 44.2 Å². The molecule has 102 valence electrons. The van der Waals surface area contributed by atoms with Crippen LogP contribution >= 0.6 is 11.3 Å². The summed E-state index contributed by atoms with van der Waals surface area (Å²) in [5.41, 5.74) is 6.86. The van der Waals surface area contributed by atoms with Crippen molar-refractivity contribution < 1.29 is 0 Å². The van der Waals surface area contributed by atoms with Crippen molar-refractivity contribution in [1.82, 2.24) is 9.88 Å². The van der Waals surface area contributed by atoms with Crippen LogP contribution in [0.2, 0.25) is 0 Å². The number of nitrogens with two attached hydrogens (primary N) is 1. The highest BCUT2D eigenvalue weighted by atomic mass is 32.1. The Balaban J connectivity index is 1.86. The Morgan fingerprint density at radius 1 is 1.28 bits per heavy atom. The topological polar surface area (TPSA) is 45.4 Å². The third-order valence-electron chi connectivity index (χ3n) is 3.63. The molecular formula is C13H24N4S. The number of aromatic nitrogens is 1. The Hall–Kier alpha value is -0.650. The van der Waals surface area contributed by atoms with E-state index in [2.05, 4.69) is 35.6 Å². The summed E-state index contributed by atoms with van der Waals surface area (Å²) < 4.78 is 0. The minimum Gasteiger partial charge on any atom is -0.346 e. The number of aryl methyl sites for hydroxylation is 2. The molecule has 0 aliphatic carbocycles. The molecule has 5 heteroatoms. The highest BCUT2D eigenvalue weighted by Gasteiger charge is 2.20. The number of rotatable bonds is 4. The molecule has 1 aromatic heterocycles. The molecule has 1 aromatic rings. The number of thiazole rings is 1. The Morgan fingerprint density at radius 3 is 2.44 bits per heavy atom. The highest BCUT2D eigenvalue weighted by Crippen LogP contribution is 2.25. The Morgan fingerprint density at radius 2 is 1.94 bits per heavy atom. The van der Waals surface area contributed by atoms with Gasteiger partial charge in [0, 0.05) is 37.6 Å². The zero-order valence-corrected chi connectivity index (χ0v) is 12.5. The van der Waals surface area contributed by atoms with Crippen LogP contribution < -0.4 is 10.6 Å². The summed E-state index contributed by atoms with van der Waals surface area (Å²) in [5, 5.41) is 1.19. The van der Waals surface area contributed by atoms with E-state index in [0.717, 1.165) is 39.3 Å². The lowest BCUT2D eigenvalue weighted by Crippen LogP contribution is -2.48. The Labute approximate surface area is 114 Å². The predicted octanol–water partition coefficient (Wildman–Crippen LogP) is 1.48. The maximum atomic E-state index is 5.68. The van der Waals surface area contributed by atoms with E-state index < -0.39 is 0 Å². The smallest absolute Gasteiger partial charge is 0.185 e. The number of hydrogen-bond donors (Lipinski definition) is 1. The minimum atomic E-state index is 0.598. The predicted molar refractivity (Wildman–Crippen MR) is 78.5 cm³/mol. The summed E-state index contributed by atoms with van der Waals surface area (Å²) >= 11 is 1.82. The second-order valence-electron chi connectivity index (χ2n) is 5.27. The van der Waals surface area contributed by atoms with E-state index >= 15 is 0 Å². The van der Waals surface area contributed by atoms with Gasteiger partial charge in [-0.1, -0.05) is 6.92 Å². The van der Waals surface area contributed by atoms with Crippen molar-refractivity contribution in [2.45, 2.75) is 20.8 Å². The summed E-state index contributed by atoms with van der Waals surface area (Å²) in [6.45, 7) is 12.8. The normalized spacial score (nSPS) is 19.2. The second-order valence-corrected chi connectivity index (χ2v) is 6.45. The Kier molecular flexibility index (Phi) is 4.59. The van der Waals surface area contributed by atoms with E-state index in [1.165, 1.54) is 15.7 Å². The first kappa shape index (κ1) is 13.8. The molecule has 0 aromatic carbocycles. The van der Waals surface area contributed by atoms with Crippen LogP contribution in [-0.4, -0.2) is 49.2 Å². The van der Waals surface area contributed by atoms with Crippen molar-refractivity contribution in [3.63, 3.8) is 0 Å². The van der Waals surface area contributed by atoms with Gasteiger partial charge in [-0.2, -0.15) is 0 Å². The lowest BCUT2D eigenvalue weighted by molar-refractivity contribution is 0.227. The molecule has 4 nitrogen and oxygen atoms in total. The number of nitrogens with zero attached hydrogens (tertiary/aromatic N) is 3. The average Bonchev–Trinajstić information content (AvgIpc) is 2.70. The van der Waals surface area contributed by atoms with E-state index in [4.69, 9.17) is 5.73 Å². The third-order valence-corrected chi connectivity index (χ3v) is 4.77. The van der Waals surface area contributed by atoms with Crippen LogP contribution in [0, 0.1) is 19.8 Å². The third kappa shape index (κ3) is 3.22. The molecule has 0 saturated carbocycles. The van der Waals surface area contributed by atoms with Gasteiger partial charge in [-0.3, -0.25) is 4.90 Å². The van der Waals surface area contributed by atoms with Crippen molar-refractivity contribution in [2.24, 2.45) is 11.7 Å². The zero-order chi connectivity index (χ0) is 13.1. The first-order valence-electron chi connectivity index (χ1n) is 6.71. The fourth-order valence-corrected chi connectivity index (χ4v) is 3.19. The van der Waals surface area contributed by atoms with Gasteiger partial charge in [0.15, 0.2) is 5.13 Å². The van der Waals surface area contributed by atoms with Crippen LogP contribution in [-0.2, 0) is 0 Å². The van der Waals surface area contributed by atoms with Gasteiger partial charge in [0.2, 0.25) is 0 Å². The van der Waals surface area contributed by atoms with Crippen LogP contribution in [0.25, 0.3) is 0 Å². The zero-order valence-electron chi connectivity index (χ0n) is 11.6. The average molecular weight is 268 g/mol. The van der Waals surface area contributed by atoms with E-state index in [1.807, 2.05) is 11.3 Å². The molecule has 0 amide bonds. The van der Waals surface area contributed by atoms with E-state index in [9.17, 15) is 0 Å². The second kappa shape index (κ2) is 5.99. The monoisotopic (exact) mass is 268 g/mol. The maximum Gasteiger partial charge on any atom is 0.185 e. The van der Waals surface area contributed by atoms with E-state index in [1.54, 1.807) is 0 Å². The molecular weight excluding hydrogens is 244 g/mol. The number of hydrogen-bond acceptors (Lipinski definition) is 5. The van der Waals surface area contributed by atoms with E-state index in [-0.39, 0.29) is 0 Å². The van der Waals surface area contributed by atoms with Gasteiger partial charge in [-0.05, 0) is 26.3 Å². The van der Waals surface area contributed by atoms with Crippen LogP contribution in [0.3, 0.4) is 0 Å². The fraction of sp³-hybridized carbons (Fsp3) is 0.769. The molecule has 0 radical (unpaired) electrons. The van der Waals surface area contributed by atoms with Crippen molar-refractivity contribution >= 4 is 16.5 Å². The summed E-state index contributed by atoms with van der Waals surface area (Å²) in [4.78, 5) is 10.9. The van der Waals surface area contributed by atoms with Crippen LogP contribution in [0.5, 0.6) is 0 Å². The molecule has 1 aliphatic rings. The van der Waals surface area contributed by atoms with Gasteiger partial charge in [-0.15, -0.1) is 11.3 Å². The largest absolute Gasteiger partial charge is 0.346 e. The molecule has 1 aliphatic heterocycles. The highest BCUT2D eigenvalue weighted by molar-refractivity contribution is 7.15. The number of anilines is 1. The van der Waals surface area contributed by atoms with E-state index in [0.29, 0.717) is 5.92 Å². The van der Waals surface area contributed by atoms with Crippen molar-refractivity contribution in [1.29, 1.82) is 0 Å². The molecule has 0 bridgehead atoms. The van der Waals surface area contributed by atoms with Crippen LogP contribution in [0.4, 0.5) is 5.13 Å². The molecule has 1 atom stereocenters. The number of piperazine rings is 1. The standard InChI is InChI=1S/C13H24N4S/c1-10(8-14)9-16-4-6-17(7-5-16)13-15-11(2)12(3)18-13/h10H,4-9,14H2,1-3H3. The molecule has 18 heavy (non-hydrogen) atoms. The first-order valence-corrected chi connectivity index (χ1v) is 7.53.